The van der Waals surface area contributed by atoms with Crippen molar-refractivity contribution in [3.63, 3.8) is 0 Å². The molecule has 0 radical (unpaired) electrons. The highest BCUT2D eigenvalue weighted by Gasteiger charge is 2.46. The van der Waals surface area contributed by atoms with Crippen LogP contribution in [-0.4, -0.2) is 68.2 Å². The largest absolute Gasteiger partial charge is 0.463 e. The minimum Gasteiger partial charge on any atom is -0.463 e. The zero-order valence-electron chi connectivity index (χ0n) is 18.8. The predicted molar refractivity (Wildman–Crippen MR) is 113 cm³/mol. The third-order valence-corrected chi connectivity index (χ3v) is 6.18. The Morgan fingerprint density at radius 1 is 1.03 bits per heavy atom. The third kappa shape index (κ3) is 7.67. The molecule has 12 heteroatoms. The first-order chi connectivity index (χ1) is 15.5. The minimum absolute atomic E-state index is 0.0167. The van der Waals surface area contributed by atoms with Gasteiger partial charge in [-0.05, 0) is 32.4 Å². The second-order valence-corrected chi connectivity index (χ2v) is 8.76. The second kappa shape index (κ2) is 12.7. The molecular formula is C21H27NO10S. The number of rotatable bonds is 13. The molecule has 1 amide bonds. The Balaban J connectivity index is 3.66. The minimum atomic E-state index is -4.51. The molecule has 0 bridgehead atoms. The van der Waals surface area contributed by atoms with Crippen molar-refractivity contribution in [2.75, 3.05) is 6.61 Å². The summed E-state index contributed by atoms with van der Waals surface area (Å²) in [5.41, 5.74) is 0.763. The van der Waals surface area contributed by atoms with Gasteiger partial charge in [-0.15, -0.1) is 0 Å². The van der Waals surface area contributed by atoms with Gasteiger partial charge in [-0.2, -0.15) is 0 Å². The number of carbonyl (C=O) groups is 5. The zero-order chi connectivity index (χ0) is 25.2. The summed E-state index contributed by atoms with van der Waals surface area (Å²) in [7, 11) is -4.51. The Morgan fingerprint density at radius 2 is 1.61 bits per heavy atom. The molecule has 0 saturated carbocycles. The van der Waals surface area contributed by atoms with Gasteiger partial charge in [-0.1, -0.05) is 17.7 Å². The van der Waals surface area contributed by atoms with Gasteiger partial charge in [0.05, 0.1) is 17.5 Å². The van der Waals surface area contributed by atoms with Crippen molar-refractivity contribution in [1.29, 1.82) is 0 Å². The van der Waals surface area contributed by atoms with E-state index in [9.17, 15) is 32.4 Å². The molecule has 0 spiro atoms. The van der Waals surface area contributed by atoms with Gasteiger partial charge >= 0.3 is 17.9 Å². The topological polar surface area (TPSA) is 150 Å². The zero-order valence-corrected chi connectivity index (χ0v) is 19.6. The molecule has 0 aromatic heterocycles. The number of benzene rings is 1. The van der Waals surface area contributed by atoms with Crippen LogP contribution in [0.1, 0.15) is 39.2 Å². The fourth-order valence-corrected chi connectivity index (χ4v) is 4.42. The van der Waals surface area contributed by atoms with Crippen molar-refractivity contribution in [2.24, 2.45) is 0 Å². The Bertz CT molecular complexity index is 958. The molecule has 33 heavy (non-hydrogen) atoms. The van der Waals surface area contributed by atoms with Crippen molar-refractivity contribution in [2.45, 2.75) is 63.7 Å². The molecule has 182 valence electrons. The lowest BCUT2D eigenvalue weighted by Gasteiger charge is -2.35. The Hall–Kier alpha value is -3.28. The SMILES string of the molecule is CCOC(=O)[C@H](OC(C)=O)[C@@H](OC(C)=O)[C@H](CCC=O)N(C=O)S(=O)(=O)c1ccc(C)cc1. The van der Waals surface area contributed by atoms with E-state index < -0.39 is 46.2 Å². The molecule has 0 fully saturated rings. The van der Waals surface area contributed by atoms with Crippen LogP contribution in [0.25, 0.3) is 0 Å². The van der Waals surface area contributed by atoms with Crippen LogP contribution < -0.4 is 0 Å². The van der Waals surface area contributed by atoms with E-state index in [4.69, 9.17) is 14.2 Å². The molecule has 0 unspecified atom stereocenters. The van der Waals surface area contributed by atoms with E-state index in [-0.39, 0.29) is 30.8 Å². The molecule has 0 saturated heterocycles. The van der Waals surface area contributed by atoms with Gasteiger partial charge in [0.25, 0.3) is 10.0 Å². The van der Waals surface area contributed by atoms with Crippen molar-refractivity contribution in [1.82, 2.24) is 4.31 Å². The second-order valence-electron chi connectivity index (χ2n) is 6.92. The maximum atomic E-state index is 13.3. The molecule has 0 aliphatic heterocycles. The first-order valence-corrected chi connectivity index (χ1v) is 11.4. The average molecular weight is 486 g/mol. The number of ether oxygens (including phenoxy) is 3. The molecule has 1 aromatic rings. The van der Waals surface area contributed by atoms with Crippen molar-refractivity contribution >= 4 is 40.6 Å². The quantitative estimate of drug-likeness (QED) is 0.224. The summed E-state index contributed by atoms with van der Waals surface area (Å²) < 4.78 is 41.9. The Morgan fingerprint density at radius 3 is 2.06 bits per heavy atom. The number of hydrogen-bond acceptors (Lipinski definition) is 10. The molecule has 0 heterocycles. The van der Waals surface area contributed by atoms with E-state index in [0.717, 1.165) is 19.4 Å². The highest BCUT2D eigenvalue weighted by atomic mass is 32.2. The number of sulfonamides is 1. The summed E-state index contributed by atoms with van der Waals surface area (Å²) in [5, 5.41) is 0. The van der Waals surface area contributed by atoms with E-state index >= 15 is 0 Å². The van der Waals surface area contributed by atoms with Gasteiger partial charge in [0, 0.05) is 20.3 Å². The lowest BCUT2D eigenvalue weighted by molar-refractivity contribution is -0.184. The molecule has 1 rings (SSSR count). The van der Waals surface area contributed by atoms with Gasteiger partial charge in [-0.25, -0.2) is 17.5 Å². The normalized spacial score (nSPS) is 13.7. The van der Waals surface area contributed by atoms with E-state index in [1.807, 2.05) is 0 Å². The standard InChI is InChI=1S/C21H27NO10S/c1-5-30-21(27)20(32-16(4)26)19(31-15(3)25)18(7-6-12-23)22(13-24)33(28,29)17-10-8-14(2)9-11-17/h8-13,18-20H,5-7H2,1-4H3/t18-,19-,20+/m0/s1. The van der Waals surface area contributed by atoms with Crippen molar-refractivity contribution < 1.29 is 46.6 Å². The Labute approximate surface area is 192 Å². The number of carbonyl (C=O) groups excluding carboxylic acids is 5. The van der Waals surface area contributed by atoms with Gasteiger partial charge in [-0.3, -0.25) is 14.4 Å². The van der Waals surface area contributed by atoms with Crippen LogP contribution >= 0.6 is 0 Å². The smallest absolute Gasteiger partial charge is 0.351 e. The van der Waals surface area contributed by atoms with Crippen LogP contribution in [0.4, 0.5) is 0 Å². The van der Waals surface area contributed by atoms with Gasteiger partial charge in [0.2, 0.25) is 12.5 Å². The number of amides is 1. The van der Waals surface area contributed by atoms with E-state index in [1.54, 1.807) is 6.92 Å². The lowest BCUT2D eigenvalue weighted by Crippen LogP contribution is -2.55. The molecule has 3 atom stereocenters. The monoisotopic (exact) mass is 485 g/mol. The van der Waals surface area contributed by atoms with Gasteiger partial charge < -0.3 is 19.0 Å². The lowest BCUT2D eigenvalue weighted by atomic mass is 10.00. The molecule has 11 nitrogen and oxygen atoms in total. The number of aryl methyl sites for hydroxylation is 1. The van der Waals surface area contributed by atoms with Crippen LogP contribution in [-0.2, 0) is 48.2 Å². The van der Waals surface area contributed by atoms with Crippen LogP contribution in [0.5, 0.6) is 0 Å². The summed E-state index contributed by atoms with van der Waals surface area (Å²) in [4.78, 5) is 58.8. The molecule has 0 aliphatic carbocycles. The predicted octanol–water partition coefficient (Wildman–Crippen LogP) is 0.916. The van der Waals surface area contributed by atoms with Crippen LogP contribution in [0, 0.1) is 6.92 Å². The summed E-state index contributed by atoms with van der Waals surface area (Å²) in [6.07, 6.45) is -3.81. The third-order valence-electron chi connectivity index (χ3n) is 4.40. The highest BCUT2D eigenvalue weighted by molar-refractivity contribution is 7.89. The molecule has 0 aliphatic rings. The maximum absolute atomic E-state index is 13.3. The summed E-state index contributed by atoms with van der Waals surface area (Å²) in [6, 6.07) is 4.00. The fraction of sp³-hybridized carbons (Fsp3) is 0.476. The number of esters is 3. The summed E-state index contributed by atoms with van der Waals surface area (Å²) in [6.45, 7) is 5.06. The van der Waals surface area contributed by atoms with Crippen molar-refractivity contribution in [3.8, 4) is 0 Å². The van der Waals surface area contributed by atoms with Crippen LogP contribution in [0.15, 0.2) is 29.2 Å². The van der Waals surface area contributed by atoms with Gasteiger partial charge in [0.15, 0.2) is 6.10 Å². The fourth-order valence-electron chi connectivity index (χ4n) is 3.01. The van der Waals surface area contributed by atoms with E-state index in [2.05, 4.69) is 0 Å². The average Bonchev–Trinajstić information content (AvgIpc) is 2.73. The van der Waals surface area contributed by atoms with E-state index in [1.165, 1.54) is 31.2 Å². The molecule has 0 N–H and O–H groups in total. The first-order valence-electron chi connectivity index (χ1n) is 9.99. The number of aldehydes is 1. The molecular weight excluding hydrogens is 458 g/mol. The van der Waals surface area contributed by atoms with Gasteiger partial charge in [0.1, 0.15) is 6.29 Å². The molecule has 1 aromatic carbocycles. The first kappa shape index (κ1) is 27.8. The highest BCUT2D eigenvalue weighted by Crippen LogP contribution is 2.26. The summed E-state index contributed by atoms with van der Waals surface area (Å²) in [5.74, 6) is -3.01. The summed E-state index contributed by atoms with van der Waals surface area (Å²) >= 11 is 0. The van der Waals surface area contributed by atoms with E-state index in [0.29, 0.717) is 10.6 Å². The van der Waals surface area contributed by atoms with Crippen LogP contribution in [0.2, 0.25) is 0 Å². The number of hydrogen-bond donors (Lipinski definition) is 0. The maximum Gasteiger partial charge on any atom is 0.351 e. The number of nitrogens with zero attached hydrogens (tertiary/aromatic N) is 1. The van der Waals surface area contributed by atoms with Crippen LogP contribution in [0.3, 0.4) is 0 Å². The Kier molecular flexibility index (Phi) is 10.7. The van der Waals surface area contributed by atoms with Crippen molar-refractivity contribution in [3.05, 3.63) is 29.8 Å².